The zero-order valence-electron chi connectivity index (χ0n) is 53.1. The molecule has 0 radical (unpaired) electrons. The molecule has 0 amide bonds. The molecular weight excluding hydrogens is 941 g/mol. The summed E-state index contributed by atoms with van der Waals surface area (Å²) in [4.78, 5) is 0. The molecule has 3 rings (SSSR count). The van der Waals surface area contributed by atoms with Gasteiger partial charge < -0.3 is 5.53 Å². The predicted molar refractivity (Wildman–Crippen MR) is 349 cm³/mol. The monoisotopic (exact) mass is 1070 g/mol. The third-order valence-electron chi connectivity index (χ3n) is 17.7. The third kappa shape index (κ3) is 30.7. The summed E-state index contributed by atoms with van der Waals surface area (Å²) in [6.45, 7) is 16.3. The highest BCUT2D eigenvalue weighted by Gasteiger charge is 2.31. The Labute approximate surface area is 487 Å². The van der Waals surface area contributed by atoms with Gasteiger partial charge in [0.25, 0.3) is 0 Å². The summed E-state index contributed by atoms with van der Waals surface area (Å²) in [5.41, 5.74) is 24.0. The van der Waals surface area contributed by atoms with Crippen LogP contribution in [0, 0.1) is 11.8 Å². The van der Waals surface area contributed by atoms with E-state index in [4.69, 9.17) is 0 Å². The fourth-order valence-corrected chi connectivity index (χ4v) is 13.0. The van der Waals surface area contributed by atoms with Crippen molar-refractivity contribution < 1.29 is 4.70 Å². The molecule has 0 saturated carbocycles. The fourth-order valence-electron chi connectivity index (χ4n) is 13.0. The smallest absolute Gasteiger partial charge is 0.211 e. The van der Waals surface area contributed by atoms with Crippen molar-refractivity contribution in [3.8, 4) is 0 Å². The summed E-state index contributed by atoms with van der Waals surface area (Å²) in [6.07, 6.45) is 71.1. The number of benzene rings is 2. The molecule has 0 bridgehead atoms. The van der Waals surface area contributed by atoms with Crippen LogP contribution in [0.2, 0.25) is 0 Å². The van der Waals surface area contributed by atoms with Crippen LogP contribution in [0.1, 0.15) is 360 Å². The van der Waals surface area contributed by atoms with Gasteiger partial charge in [0.05, 0.1) is 0 Å². The van der Waals surface area contributed by atoms with Crippen LogP contribution in [0.25, 0.3) is 16.9 Å². The first-order valence-electron chi connectivity index (χ1n) is 34.9. The van der Waals surface area contributed by atoms with Crippen molar-refractivity contribution in [3.05, 3.63) is 111 Å². The van der Waals surface area contributed by atoms with Crippen molar-refractivity contribution in [1.29, 1.82) is 0 Å². The minimum atomic E-state index is 0.600. The van der Waals surface area contributed by atoms with Crippen molar-refractivity contribution in [2.75, 3.05) is 0 Å². The van der Waals surface area contributed by atoms with Crippen LogP contribution in [-0.2, 0) is 12.8 Å². The molecule has 2 nitrogen and oxygen atoms in total. The van der Waals surface area contributed by atoms with E-state index in [2.05, 4.69) is 115 Å². The van der Waals surface area contributed by atoms with E-state index in [1.165, 1.54) is 298 Å². The van der Waals surface area contributed by atoms with Gasteiger partial charge in [-0.25, -0.2) is 4.70 Å². The first-order chi connectivity index (χ1) is 38.4. The van der Waals surface area contributed by atoms with Crippen LogP contribution in [0.4, 0.5) is 0 Å². The molecule has 1 aliphatic heterocycles. The normalized spacial score (nSPS) is 14.0. The first-order valence-corrected chi connectivity index (χ1v) is 34.9. The van der Waals surface area contributed by atoms with E-state index in [1.807, 2.05) is 0 Å². The van der Waals surface area contributed by atoms with Gasteiger partial charge in [-0.15, -0.1) is 0 Å². The minimum absolute atomic E-state index is 0.600. The van der Waals surface area contributed by atoms with Crippen molar-refractivity contribution in [2.24, 2.45) is 11.8 Å². The summed E-state index contributed by atoms with van der Waals surface area (Å²) in [5, 5.41) is 0. The van der Waals surface area contributed by atoms with E-state index in [-0.39, 0.29) is 0 Å². The van der Waals surface area contributed by atoms with E-state index >= 15 is 0 Å². The van der Waals surface area contributed by atoms with E-state index in [9.17, 15) is 5.53 Å². The summed E-state index contributed by atoms with van der Waals surface area (Å²) >= 11 is 0. The van der Waals surface area contributed by atoms with Gasteiger partial charge in [0, 0.05) is 22.8 Å². The second-order valence-corrected chi connectivity index (χ2v) is 24.8. The molecule has 0 fully saturated rings. The molecule has 0 saturated heterocycles. The highest BCUT2D eigenvalue weighted by atomic mass is 15.2. The summed E-state index contributed by atoms with van der Waals surface area (Å²) in [5.74, 6) is 1.20. The second-order valence-electron chi connectivity index (χ2n) is 24.8. The number of aryl methyl sites for hydroxylation is 2. The van der Waals surface area contributed by atoms with Gasteiger partial charge in [-0.3, -0.25) is 0 Å². The van der Waals surface area contributed by atoms with Crippen LogP contribution >= 0.6 is 0 Å². The number of unbranched alkanes of at least 4 members (excludes halogenated alkanes) is 30. The van der Waals surface area contributed by atoms with E-state index in [0.717, 1.165) is 43.5 Å². The Balaban J connectivity index is 1.52. The van der Waals surface area contributed by atoms with Crippen LogP contribution in [0.15, 0.2) is 83.5 Å². The van der Waals surface area contributed by atoms with Crippen LogP contribution in [-0.4, -0.2) is 4.70 Å². The molecule has 2 unspecified atom stereocenters. The molecule has 1 aliphatic rings. The van der Waals surface area contributed by atoms with Crippen molar-refractivity contribution in [3.63, 3.8) is 0 Å². The Hall–Kier alpha value is -3.00. The van der Waals surface area contributed by atoms with E-state index in [1.54, 1.807) is 15.8 Å². The molecule has 2 aromatic carbocycles. The minimum Gasteiger partial charge on any atom is -0.493 e. The first kappa shape index (κ1) is 69.3. The van der Waals surface area contributed by atoms with Crippen LogP contribution in [0.5, 0.6) is 0 Å². The second kappa shape index (κ2) is 47.6. The quantitative estimate of drug-likeness (QED) is 0.0358. The Kier molecular flexibility index (Phi) is 42.3. The molecule has 0 aliphatic carbocycles. The van der Waals surface area contributed by atoms with Crippen molar-refractivity contribution in [2.45, 2.75) is 350 Å². The maximum absolute atomic E-state index is 12.3. The fraction of sp³-hybridized carbons (Fsp3) is 0.737. The van der Waals surface area contributed by atoms with Gasteiger partial charge in [-0.1, -0.05) is 326 Å². The topological polar surface area (TPSA) is 25.3 Å². The molecule has 442 valence electrons. The number of hydrogen-bond acceptors (Lipinski definition) is 0. The van der Waals surface area contributed by atoms with Gasteiger partial charge in [0.2, 0.25) is 11.4 Å². The Bertz CT molecular complexity index is 1900. The molecule has 1 heterocycles. The highest BCUT2D eigenvalue weighted by molar-refractivity contribution is 5.80. The Morgan fingerprint density at radius 3 is 1.05 bits per heavy atom. The number of nitrogens with zero attached hydrogens (tertiary/aromatic N) is 2. The lowest BCUT2D eigenvalue weighted by Gasteiger charge is -2.18. The summed E-state index contributed by atoms with van der Waals surface area (Å²) in [6, 6.07) is 17.9. The highest BCUT2D eigenvalue weighted by Crippen LogP contribution is 2.40. The van der Waals surface area contributed by atoms with E-state index < -0.39 is 0 Å². The average Bonchev–Trinajstić information content (AvgIpc) is 3.91. The molecule has 0 aromatic heterocycles. The van der Waals surface area contributed by atoms with E-state index in [0.29, 0.717) is 11.8 Å². The molecule has 0 spiro atoms. The molecular formula is C76H128N2. The third-order valence-corrected chi connectivity index (χ3v) is 17.7. The van der Waals surface area contributed by atoms with Gasteiger partial charge in [0.15, 0.2) is 0 Å². The standard InChI is InChI=1S/C76H128N2/c1-8-15-17-19-21-23-25-27-29-31-33-35-37-39-41-43-53-66(49-10-3)63-68(51-12-5)59-61-71-55-45-47-57-73(71)75-65-70(14-7)76(78(75)77)74-58-48-46-56-72(74)62-60-69(52-13-6)64-67(50-11-4)54-44-42-40-38-36-34-32-30-28-26-24-22-20-18-16-9-2/h45-48,55-58,63-65,68-69H,8-44,49-54,59-62H2,1-7H3. The lowest BCUT2D eigenvalue weighted by Crippen LogP contribution is -2.08. The number of hydrogen-bond donors (Lipinski definition) is 0. The molecule has 2 atom stereocenters. The van der Waals surface area contributed by atoms with Crippen LogP contribution < -0.4 is 0 Å². The van der Waals surface area contributed by atoms with Crippen molar-refractivity contribution in [1.82, 2.24) is 0 Å². The summed E-state index contributed by atoms with van der Waals surface area (Å²) < 4.78 is 1.57. The summed E-state index contributed by atoms with van der Waals surface area (Å²) in [7, 11) is 0. The Morgan fingerprint density at radius 1 is 0.372 bits per heavy atom. The van der Waals surface area contributed by atoms with Crippen LogP contribution in [0.3, 0.4) is 0 Å². The largest absolute Gasteiger partial charge is 0.493 e. The van der Waals surface area contributed by atoms with Crippen molar-refractivity contribution >= 4 is 11.4 Å². The Morgan fingerprint density at radius 2 is 0.705 bits per heavy atom. The number of allylic oxidation sites excluding steroid dienone is 6. The maximum Gasteiger partial charge on any atom is 0.211 e. The lowest BCUT2D eigenvalue weighted by atomic mass is 9.89. The lowest BCUT2D eigenvalue weighted by molar-refractivity contribution is -0.344. The zero-order chi connectivity index (χ0) is 55.9. The SMILES string of the molecule is CCCCCCCCCCCCCCCCCCC(=CC(CCC)CCc1ccccc1C1=CC(CC)=C(c2ccccc2CCC(C=C(CCC)CCCCCCCCCCCCCCCCCC)CCC)[N+]1=[N-])CCC. The average molecular weight is 1070 g/mol. The molecule has 78 heavy (non-hydrogen) atoms. The van der Waals surface area contributed by atoms with Gasteiger partial charge in [-0.05, 0) is 119 Å². The maximum atomic E-state index is 12.3. The van der Waals surface area contributed by atoms with Gasteiger partial charge >= 0.3 is 0 Å². The van der Waals surface area contributed by atoms with Gasteiger partial charge in [-0.2, -0.15) is 0 Å². The van der Waals surface area contributed by atoms with Gasteiger partial charge in [0.1, 0.15) is 0 Å². The molecule has 2 heteroatoms. The number of rotatable bonds is 53. The molecule has 0 N–H and O–H groups in total. The predicted octanol–water partition coefficient (Wildman–Crippen LogP) is 26.4. The zero-order valence-corrected chi connectivity index (χ0v) is 53.1. The molecule has 2 aromatic rings.